The van der Waals surface area contributed by atoms with Crippen LogP contribution in [-0.2, 0) is 26.5 Å². The molecule has 3 aromatic heterocycles. The zero-order valence-corrected chi connectivity index (χ0v) is 44.2. The molecule has 0 amide bonds. The van der Waals surface area contributed by atoms with Gasteiger partial charge in [0.05, 0.1) is 16.7 Å². The van der Waals surface area contributed by atoms with Crippen LogP contribution < -0.4 is 14.5 Å². The molecule has 0 atom stereocenters. The van der Waals surface area contributed by atoms with E-state index < -0.39 is 0 Å². The molecular weight excluding hydrogens is 1060 g/mol. The fourth-order valence-corrected chi connectivity index (χ4v) is 10.8. The predicted molar refractivity (Wildman–Crippen MR) is 296 cm³/mol. The van der Waals surface area contributed by atoms with E-state index in [2.05, 4.69) is 257 Å². The summed E-state index contributed by atoms with van der Waals surface area (Å²) in [5.74, 6) is 2.82. The number of pyridine rings is 1. The molecule has 11 aromatic rings. The van der Waals surface area contributed by atoms with E-state index in [0.29, 0.717) is 23.3 Å². The second-order valence-corrected chi connectivity index (χ2v) is 20.6. The SMILES string of the molecule is CC(C)c1cc2c(cc1C(C)C)N(c1[c-]c(Oc3[c-]c4c(cc3)c3ccccc3n4-c3cc(-n4c5c(-c6ccccc6)cccc5c5cccc(-c6ccccc6)c54)ccn3)cc(C(C)(C)C)c1)[CH-]N2C.[Pt]. The number of hydrogen-bond donors (Lipinski definition) is 0. The Morgan fingerprint density at radius 1 is 0.556 bits per heavy atom. The van der Waals surface area contributed by atoms with Gasteiger partial charge >= 0.3 is 0 Å². The Hall–Kier alpha value is -7.40. The smallest absolute Gasteiger partial charge is 0.137 e. The zero-order valence-electron chi connectivity index (χ0n) is 41.9. The summed E-state index contributed by atoms with van der Waals surface area (Å²) in [5.41, 5.74) is 16.9. The molecule has 4 heterocycles. The molecule has 6 nitrogen and oxygen atoms in total. The van der Waals surface area contributed by atoms with Gasteiger partial charge in [0.15, 0.2) is 0 Å². The van der Waals surface area contributed by atoms with Gasteiger partial charge in [-0.15, -0.1) is 47.0 Å². The van der Waals surface area contributed by atoms with E-state index in [-0.39, 0.29) is 26.5 Å². The van der Waals surface area contributed by atoms with Crippen LogP contribution in [0.15, 0.2) is 176 Å². The van der Waals surface area contributed by atoms with Crippen LogP contribution in [-0.4, -0.2) is 21.2 Å². The molecule has 0 bridgehead atoms. The monoisotopic (exact) mass is 1120 g/mol. The number of para-hydroxylation sites is 3. The number of aromatic nitrogens is 3. The molecule has 0 saturated heterocycles. The minimum Gasteiger partial charge on any atom is -0.509 e. The standard InChI is InChI=1S/C65H56N5O.Pt/c1-41(2)56-38-60-61(39-57(56)42(3)4)68(40-67(60)8)47-33-45(65(5,6)7)34-49(35-47)71-48-29-30-53-52-23-15-16-28-58(52)70(59(53)37-48)62-36-46(31-32-66-62)69-63-50(43-19-11-9-12-20-43)24-17-26-54(63)55-27-18-25-51(64(55)69)44-21-13-10-14-22-44;/h9-34,36,38-42H,1-8H3;/q-3;. The first-order valence-electron chi connectivity index (χ1n) is 24.8. The van der Waals surface area contributed by atoms with Crippen molar-refractivity contribution < 1.29 is 25.8 Å². The summed E-state index contributed by atoms with van der Waals surface area (Å²) in [6, 6.07) is 68.4. The number of hydrogen-bond acceptors (Lipinski definition) is 4. The Labute approximate surface area is 437 Å². The Bertz CT molecular complexity index is 3750. The molecule has 0 radical (unpaired) electrons. The number of anilines is 3. The zero-order chi connectivity index (χ0) is 48.7. The van der Waals surface area contributed by atoms with E-state index in [0.717, 1.165) is 72.4 Å². The van der Waals surface area contributed by atoms with Crippen LogP contribution in [0.25, 0.3) is 77.4 Å². The molecule has 72 heavy (non-hydrogen) atoms. The molecule has 0 saturated carbocycles. The summed E-state index contributed by atoms with van der Waals surface area (Å²) in [7, 11) is 2.13. The van der Waals surface area contributed by atoms with E-state index in [1.165, 1.54) is 38.7 Å². The number of fused-ring (bicyclic) bond motifs is 7. The van der Waals surface area contributed by atoms with Gasteiger partial charge in [-0.3, -0.25) is 0 Å². The average molecular weight is 1120 g/mol. The maximum atomic E-state index is 6.92. The second kappa shape index (κ2) is 18.3. The van der Waals surface area contributed by atoms with Gasteiger partial charge in [-0.1, -0.05) is 169 Å². The number of ether oxygens (including phenoxy) is 1. The van der Waals surface area contributed by atoms with E-state index in [4.69, 9.17) is 9.72 Å². The number of benzene rings is 8. The van der Waals surface area contributed by atoms with Gasteiger partial charge in [-0.2, -0.15) is 12.7 Å². The van der Waals surface area contributed by atoms with E-state index in [1.54, 1.807) is 0 Å². The van der Waals surface area contributed by atoms with Crippen molar-refractivity contribution in [1.29, 1.82) is 0 Å². The number of rotatable bonds is 9. The summed E-state index contributed by atoms with van der Waals surface area (Å²) in [5, 5.41) is 4.57. The van der Waals surface area contributed by atoms with Crippen LogP contribution in [0, 0.1) is 18.8 Å². The van der Waals surface area contributed by atoms with Gasteiger partial charge < -0.3 is 23.7 Å². The minimum atomic E-state index is -0.155. The first kappa shape index (κ1) is 47.0. The summed E-state index contributed by atoms with van der Waals surface area (Å²) >= 11 is 0. The molecule has 0 spiro atoms. The van der Waals surface area contributed by atoms with E-state index >= 15 is 0 Å². The van der Waals surface area contributed by atoms with Crippen molar-refractivity contribution in [2.75, 3.05) is 16.8 Å². The fraction of sp³-hybridized carbons (Fsp3) is 0.169. The maximum Gasteiger partial charge on any atom is 0.137 e. The van der Waals surface area contributed by atoms with Gasteiger partial charge in [0.2, 0.25) is 0 Å². The normalized spacial score (nSPS) is 12.8. The molecule has 1 aliphatic rings. The maximum absolute atomic E-state index is 6.92. The van der Waals surface area contributed by atoms with E-state index in [9.17, 15) is 0 Å². The molecule has 1 aliphatic heterocycles. The van der Waals surface area contributed by atoms with Crippen LogP contribution in [0.3, 0.4) is 0 Å². The Morgan fingerprint density at radius 3 is 1.78 bits per heavy atom. The molecule has 360 valence electrons. The third-order valence-electron chi connectivity index (χ3n) is 14.3. The van der Waals surface area contributed by atoms with Crippen molar-refractivity contribution in [3.05, 3.63) is 212 Å². The van der Waals surface area contributed by atoms with Gasteiger partial charge in [-0.05, 0) is 76.2 Å². The molecule has 8 aromatic carbocycles. The van der Waals surface area contributed by atoms with Crippen LogP contribution in [0.4, 0.5) is 17.1 Å². The summed E-state index contributed by atoms with van der Waals surface area (Å²) in [4.78, 5) is 9.63. The molecule has 0 unspecified atom stereocenters. The Balaban J connectivity index is 0.00000560. The average Bonchev–Trinajstić information content (AvgIpc) is 4.02. The molecule has 7 heteroatoms. The van der Waals surface area contributed by atoms with Crippen LogP contribution >= 0.6 is 0 Å². The van der Waals surface area contributed by atoms with Crippen molar-refractivity contribution in [3.8, 4) is 45.3 Å². The molecule has 0 fully saturated rings. The number of nitrogens with zero attached hydrogens (tertiary/aromatic N) is 5. The van der Waals surface area contributed by atoms with Crippen molar-refractivity contribution in [1.82, 2.24) is 14.1 Å². The van der Waals surface area contributed by atoms with Crippen molar-refractivity contribution in [3.63, 3.8) is 0 Å². The first-order valence-corrected chi connectivity index (χ1v) is 24.8. The molecule has 12 rings (SSSR count). The molecular formula is C65H56N5OPt-3. The van der Waals surface area contributed by atoms with Crippen molar-refractivity contribution >= 4 is 60.7 Å². The van der Waals surface area contributed by atoms with Gasteiger partial charge in [-0.25, -0.2) is 4.98 Å². The summed E-state index contributed by atoms with van der Waals surface area (Å²) < 4.78 is 11.6. The van der Waals surface area contributed by atoms with E-state index in [1.807, 2.05) is 12.3 Å². The van der Waals surface area contributed by atoms with Gasteiger partial charge in [0.25, 0.3) is 0 Å². The van der Waals surface area contributed by atoms with Crippen LogP contribution in [0.2, 0.25) is 0 Å². The molecule has 0 N–H and O–H groups in total. The molecule has 0 aliphatic carbocycles. The van der Waals surface area contributed by atoms with Crippen molar-refractivity contribution in [2.24, 2.45) is 0 Å². The topological polar surface area (TPSA) is 38.5 Å². The minimum absolute atomic E-state index is 0. The quantitative estimate of drug-likeness (QED) is 0.135. The van der Waals surface area contributed by atoms with Gasteiger partial charge in [0.1, 0.15) is 5.82 Å². The fourth-order valence-electron chi connectivity index (χ4n) is 10.8. The van der Waals surface area contributed by atoms with Crippen LogP contribution in [0.5, 0.6) is 11.5 Å². The van der Waals surface area contributed by atoms with Gasteiger partial charge in [0, 0.05) is 83.6 Å². The second-order valence-electron chi connectivity index (χ2n) is 20.6. The summed E-state index contributed by atoms with van der Waals surface area (Å²) in [6.07, 6.45) is 1.94. The Kier molecular flexibility index (Phi) is 12.0. The van der Waals surface area contributed by atoms with Crippen LogP contribution in [0.1, 0.15) is 77.0 Å². The first-order chi connectivity index (χ1) is 34.4. The Morgan fingerprint density at radius 2 is 1.15 bits per heavy atom. The third-order valence-corrected chi connectivity index (χ3v) is 14.3. The largest absolute Gasteiger partial charge is 0.509 e. The van der Waals surface area contributed by atoms with Crippen molar-refractivity contribution in [2.45, 2.75) is 65.7 Å². The third kappa shape index (κ3) is 7.97. The summed E-state index contributed by atoms with van der Waals surface area (Å²) in [6.45, 7) is 18.0. The predicted octanol–water partition coefficient (Wildman–Crippen LogP) is 17.3.